The van der Waals surface area contributed by atoms with Gasteiger partial charge >= 0.3 is 5.69 Å². The van der Waals surface area contributed by atoms with Crippen molar-refractivity contribution in [1.82, 2.24) is 14.3 Å². The molecule has 110 valence electrons. The molecule has 0 saturated heterocycles. The van der Waals surface area contributed by atoms with Crippen molar-refractivity contribution in [3.8, 4) is 11.8 Å². The Balaban J connectivity index is 1.77. The fourth-order valence-corrected chi connectivity index (χ4v) is 3.25. The highest BCUT2D eigenvalue weighted by Crippen LogP contribution is 2.15. The first-order valence-electron chi connectivity index (χ1n) is 7.11. The standard InChI is InChI=1S/C15H17N3O2S/c19-8-4-2-5-12-9-13(21-11-12)10-18-15(20)17-7-3-1-6-14(17)16-18/h9,11,19H,1,3-4,6-8,10H2. The normalized spacial score (nSPS) is 13.6. The Kier molecular flexibility index (Phi) is 4.23. The van der Waals surface area contributed by atoms with E-state index in [0.29, 0.717) is 13.0 Å². The van der Waals surface area contributed by atoms with E-state index in [1.54, 1.807) is 20.6 Å². The van der Waals surface area contributed by atoms with Gasteiger partial charge in [-0.2, -0.15) is 5.10 Å². The van der Waals surface area contributed by atoms with E-state index in [-0.39, 0.29) is 12.3 Å². The van der Waals surface area contributed by atoms with Crippen molar-refractivity contribution in [2.75, 3.05) is 6.61 Å². The van der Waals surface area contributed by atoms with Gasteiger partial charge in [0, 0.05) is 35.2 Å². The van der Waals surface area contributed by atoms with Crippen LogP contribution in [0.3, 0.4) is 0 Å². The van der Waals surface area contributed by atoms with Crippen LogP contribution in [0.15, 0.2) is 16.2 Å². The van der Waals surface area contributed by atoms with Crippen molar-refractivity contribution in [2.24, 2.45) is 0 Å². The molecule has 0 aliphatic carbocycles. The van der Waals surface area contributed by atoms with Crippen LogP contribution in [-0.4, -0.2) is 26.1 Å². The molecule has 0 atom stereocenters. The summed E-state index contributed by atoms with van der Waals surface area (Å²) in [5.41, 5.74) is 0.923. The molecule has 5 nitrogen and oxygen atoms in total. The van der Waals surface area contributed by atoms with Gasteiger partial charge in [-0.25, -0.2) is 9.48 Å². The lowest BCUT2D eigenvalue weighted by molar-refractivity contribution is 0.305. The fraction of sp³-hybridized carbons (Fsp3) is 0.467. The second kappa shape index (κ2) is 6.29. The van der Waals surface area contributed by atoms with E-state index < -0.39 is 0 Å². The number of hydrogen-bond acceptors (Lipinski definition) is 4. The lowest BCUT2D eigenvalue weighted by atomic mass is 10.2. The van der Waals surface area contributed by atoms with Crippen molar-refractivity contribution >= 4 is 11.3 Å². The highest BCUT2D eigenvalue weighted by atomic mass is 32.1. The molecule has 1 aliphatic heterocycles. The molecule has 2 aromatic rings. The summed E-state index contributed by atoms with van der Waals surface area (Å²) in [4.78, 5) is 13.3. The molecule has 3 heterocycles. The molecule has 0 fully saturated rings. The summed E-state index contributed by atoms with van der Waals surface area (Å²) in [6.07, 6.45) is 3.55. The minimum Gasteiger partial charge on any atom is -0.395 e. The van der Waals surface area contributed by atoms with Gasteiger partial charge < -0.3 is 5.11 Å². The third-order valence-corrected chi connectivity index (χ3v) is 4.38. The molecular formula is C15H17N3O2S. The van der Waals surface area contributed by atoms with Crippen molar-refractivity contribution in [3.63, 3.8) is 0 Å². The first-order chi connectivity index (χ1) is 10.3. The number of aliphatic hydroxyl groups is 1. The molecule has 0 amide bonds. The molecule has 3 rings (SSSR count). The molecule has 0 unspecified atom stereocenters. The summed E-state index contributed by atoms with van der Waals surface area (Å²) in [7, 11) is 0. The Morgan fingerprint density at radius 1 is 1.43 bits per heavy atom. The van der Waals surface area contributed by atoms with Gasteiger partial charge in [-0.1, -0.05) is 11.8 Å². The van der Waals surface area contributed by atoms with Crippen LogP contribution in [0.5, 0.6) is 0 Å². The highest BCUT2D eigenvalue weighted by Gasteiger charge is 2.16. The van der Waals surface area contributed by atoms with Crippen molar-refractivity contribution < 1.29 is 5.11 Å². The minimum absolute atomic E-state index is 0.00832. The zero-order chi connectivity index (χ0) is 14.7. The summed E-state index contributed by atoms with van der Waals surface area (Å²) in [5, 5.41) is 15.1. The van der Waals surface area contributed by atoms with Gasteiger partial charge in [-0.05, 0) is 18.9 Å². The third-order valence-electron chi connectivity index (χ3n) is 3.46. The van der Waals surface area contributed by atoms with Crippen LogP contribution in [0.25, 0.3) is 0 Å². The smallest absolute Gasteiger partial charge is 0.346 e. The predicted molar refractivity (Wildman–Crippen MR) is 81.4 cm³/mol. The number of fused-ring (bicyclic) bond motifs is 1. The summed E-state index contributed by atoms with van der Waals surface area (Å²) >= 11 is 1.58. The van der Waals surface area contributed by atoms with Crippen molar-refractivity contribution in [2.45, 2.75) is 38.8 Å². The number of aliphatic hydroxyl groups excluding tert-OH is 1. The van der Waals surface area contributed by atoms with Gasteiger partial charge in [0.05, 0.1) is 13.2 Å². The number of hydrogen-bond donors (Lipinski definition) is 1. The Morgan fingerprint density at radius 3 is 3.14 bits per heavy atom. The Hall–Kier alpha value is -1.84. The molecule has 0 radical (unpaired) electrons. The Labute approximate surface area is 126 Å². The van der Waals surface area contributed by atoms with Crippen LogP contribution in [0.1, 0.15) is 35.5 Å². The molecule has 0 bridgehead atoms. The number of aryl methyl sites for hydroxylation is 1. The molecule has 2 aromatic heterocycles. The molecule has 0 spiro atoms. The van der Waals surface area contributed by atoms with E-state index in [1.165, 1.54) is 0 Å². The molecular weight excluding hydrogens is 286 g/mol. The largest absolute Gasteiger partial charge is 0.395 e. The average Bonchev–Trinajstić information content (AvgIpc) is 3.06. The van der Waals surface area contributed by atoms with Crippen LogP contribution >= 0.6 is 11.3 Å². The number of rotatable bonds is 3. The quantitative estimate of drug-likeness (QED) is 0.868. The zero-order valence-electron chi connectivity index (χ0n) is 11.7. The van der Waals surface area contributed by atoms with Gasteiger partial charge in [0.25, 0.3) is 0 Å². The molecule has 1 N–H and O–H groups in total. The molecule has 0 saturated carbocycles. The van der Waals surface area contributed by atoms with Crippen LogP contribution in [0.2, 0.25) is 0 Å². The molecule has 0 aromatic carbocycles. The lowest BCUT2D eigenvalue weighted by Crippen LogP contribution is -2.27. The van der Waals surface area contributed by atoms with E-state index >= 15 is 0 Å². The monoisotopic (exact) mass is 303 g/mol. The average molecular weight is 303 g/mol. The van der Waals surface area contributed by atoms with Gasteiger partial charge in [0.15, 0.2) is 0 Å². The van der Waals surface area contributed by atoms with E-state index in [9.17, 15) is 4.79 Å². The summed E-state index contributed by atoms with van der Waals surface area (Å²) in [6.45, 7) is 1.38. The third kappa shape index (κ3) is 3.09. The maximum Gasteiger partial charge on any atom is 0.346 e. The minimum atomic E-state index is -0.00832. The van der Waals surface area contributed by atoms with E-state index in [0.717, 1.165) is 42.1 Å². The first-order valence-corrected chi connectivity index (χ1v) is 7.99. The fourth-order valence-electron chi connectivity index (χ4n) is 2.45. The van der Waals surface area contributed by atoms with Crippen molar-refractivity contribution in [1.29, 1.82) is 0 Å². The highest BCUT2D eigenvalue weighted by molar-refractivity contribution is 7.10. The first kappa shape index (κ1) is 14.1. The maximum absolute atomic E-state index is 12.2. The predicted octanol–water partition coefficient (Wildman–Crippen LogP) is 1.22. The molecule has 6 heteroatoms. The van der Waals surface area contributed by atoms with E-state index in [4.69, 9.17) is 5.11 Å². The van der Waals surface area contributed by atoms with Gasteiger partial charge in [-0.3, -0.25) is 4.57 Å². The molecule has 1 aliphatic rings. The van der Waals surface area contributed by atoms with Gasteiger partial charge in [0.2, 0.25) is 0 Å². The van der Waals surface area contributed by atoms with Gasteiger partial charge in [0.1, 0.15) is 5.82 Å². The lowest BCUT2D eigenvalue weighted by Gasteiger charge is -2.09. The summed E-state index contributed by atoms with van der Waals surface area (Å²) in [6, 6.07) is 1.99. The van der Waals surface area contributed by atoms with Crippen LogP contribution in [0, 0.1) is 11.8 Å². The Morgan fingerprint density at radius 2 is 2.33 bits per heavy atom. The SMILES string of the molecule is O=c1n(Cc2cc(C#CCCO)cs2)nc2n1CCCC2. The second-order valence-electron chi connectivity index (χ2n) is 5.04. The topological polar surface area (TPSA) is 60.1 Å². The zero-order valence-corrected chi connectivity index (χ0v) is 12.5. The van der Waals surface area contributed by atoms with E-state index in [2.05, 4.69) is 16.9 Å². The van der Waals surface area contributed by atoms with Crippen LogP contribution < -0.4 is 5.69 Å². The second-order valence-corrected chi connectivity index (χ2v) is 6.04. The van der Waals surface area contributed by atoms with E-state index in [1.807, 2.05) is 11.4 Å². The maximum atomic E-state index is 12.2. The Bertz CT molecular complexity index is 745. The molecule has 21 heavy (non-hydrogen) atoms. The number of aromatic nitrogens is 3. The number of nitrogens with zero attached hydrogens (tertiary/aromatic N) is 3. The van der Waals surface area contributed by atoms with Crippen LogP contribution in [-0.2, 0) is 19.5 Å². The summed E-state index contributed by atoms with van der Waals surface area (Å²) in [5.74, 6) is 6.81. The van der Waals surface area contributed by atoms with Crippen LogP contribution in [0.4, 0.5) is 0 Å². The number of thiophene rings is 1. The summed E-state index contributed by atoms with van der Waals surface area (Å²) < 4.78 is 3.34. The van der Waals surface area contributed by atoms with Gasteiger partial charge in [-0.15, -0.1) is 11.3 Å². The van der Waals surface area contributed by atoms with Crippen molar-refractivity contribution in [3.05, 3.63) is 38.2 Å².